The quantitative estimate of drug-likeness (QED) is 0.226. The van der Waals surface area contributed by atoms with Crippen molar-refractivity contribution >= 4 is 29.5 Å². The third-order valence-corrected chi connectivity index (χ3v) is 6.88. The molecule has 0 unspecified atom stereocenters. The third kappa shape index (κ3) is 8.03. The number of carbonyl (C=O) groups is 3. The van der Waals surface area contributed by atoms with Crippen molar-refractivity contribution in [1.82, 2.24) is 16.1 Å². The molecule has 0 bridgehead atoms. The number of carbonyl (C=O) groups excluding carboxylic acids is 3. The summed E-state index contributed by atoms with van der Waals surface area (Å²) in [6.45, 7) is 13.0. The average molecular weight is 491 g/mol. The first-order valence-corrected chi connectivity index (χ1v) is 12.2. The van der Waals surface area contributed by atoms with Gasteiger partial charge in [0.2, 0.25) is 11.8 Å². The zero-order chi connectivity index (χ0) is 26.3. The van der Waals surface area contributed by atoms with Crippen LogP contribution in [0.1, 0.15) is 60.5 Å². The van der Waals surface area contributed by atoms with Crippen LogP contribution in [0.15, 0.2) is 29.2 Å². The summed E-state index contributed by atoms with van der Waals surface area (Å²) in [4.78, 5) is 39.4. The molecule has 0 heterocycles. The van der Waals surface area contributed by atoms with E-state index < -0.39 is 39.9 Å². The number of nitrogens with one attached hydrogen (secondary N) is 3. The van der Waals surface area contributed by atoms with Gasteiger partial charge in [-0.05, 0) is 49.3 Å². The molecule has 9 heteroatoms. The summed E-state index contributed by atoms with van der Waals surface area (Å²) < 4.78 is 0. The van der Waals surface area contributed by atoms with Gasteiger partial charge in [-0.15, -0.1) is 11.8 Å². The molecule has 1 aromatic rings. The van der Waals surface area contributed by atoms with Gasteiger partial charge in [0.15, 0.2) is 0 Å². The summed E-state index contributed by atoms with van der Waals surface area (Å²) in [7, 11) is 1.51. The lowest BCUT2D eigenvalue weighted by Crippen LogP contribution is -2.56. The van der Waals surface area contributed by atoms with Crippen molar-refractivity contribution in [2.75, 3.05) is 7.05 Å². The van der Waals surface area contributed by atoms with E-state index in [1.54, 1.807) is 31.5 Å². The van der Waals surface area contributed by atoms with E-state index in [4.69, 9.17) is 0 Å². The van der Waals surface area contributed by atoms with Gasteiger partial charge in [-0.3, -0.25) is 19.6 Å². The molecule has 0 fully saturated rings. The lowest BCUT2D eigenvalue weighted by molar-refractivity contribution is -0.137. The summed E-state index contributed by atoms with van der Waals surface area (Å²) >= 11 is 1.15. The van der Waals surface area contributed by atoms with Crippen LogP contribution < -0.4 is 16.1 Å². The summed E-state index contributed by atoms with van der Waals surface area (Å²) in [5.41, 5.74) is 1.19. The summed E-state index contributed by atoms with van der Waals surface area (Å²) in [6, 6.07) is 8.70. The number of nitrogens with zero attached hydrogens (tertiary/aromatic N) is 1. The van der Waals surface area contributed by atoms with Gasteiger partial charge in [-0.2, -0.15) is 5.26 Å². The number of likely N-dealkylation sites (N-methyl/N-ethyl adjacent to an activating group) is 1. The molecule has 34 heavy (non-hydrogen) atoms. The smallest absolute Gasteiger partial charge is 0.257 e. The Balaban J connectivity index is 3.40. The standard InChI is InChI=1S/C25H38N4O4S/c1-15(2)12-18(21(30)28-20(23(32)27-8)24(3,4)5)19(22(31)29-33)34-17-11-9-10-16(13-17)25(6,7)14-26/h9-11,13,15,18-20,33H,12H2,1-8H3,(H,27,32)(H,28,30)(H,29,31)/t18-,19+,20-/m1/s1. The highest BCUT2D eigenvalue weighted by Crippen LogP contribution is 2.35. The Kier molecular flexibility index (Phi) is 10.6. The number of thioether (sulfide) groups is 1. The molecule has 0 aromatic heterocycles. The van der Waals surface area contributed by atoms with Gasteiger partial charge < -0.3 is 10.6 Å². The van der Waals surface area contributed by atoms with Crippen molar-refractivity contribution in [1.29, 1.82) is 5.26 Å². The largest absolute Gasteiger partial charge is 0.357 e. The highest BCUT2D eigenvalue weighted by Gasteiger charge is 2.39. The molecule has 1 rings (SSSR count). The van der Waals surface area contributed by atoms with Gasteiger partial charge in [0.1, 0.15) is 11.3 Å². The van der Waals surface area contributed by atoms with Gasteiger partial charge >= 0.3 is 0 Å². The molecule has 0 aliphatic rings. The number of benzene rings is 1. The van der Waals surface area contributed by atoms with Crippen LogP contribution in [0.25, 0.3) is 0 Å². The maximum Gasteiger partial charge on any atom is 0.257 e. The zero-order valence-electron chi connectivity index (χ0n) is 21.4. The molecule has 0 saturated heterocycles. The monoisotopic (exact) mass is 490 g/mol. The van der Waals surface area contributed by atoms with Crippen molar-refractivity contribution in [2.24, 2.45) is 17.3 Å². The highest BCUT2D eigenvalue weighted by molar-refractivity contribution is 8.00. The van der Waals surface area contributed by atoms with E-state index in [1.165, 1.54) is 7.05 Å². The van der Waals surface area contributed by atoms with E-state index in [1.807, 2.05) is 46.8 Å². The van der Waals surface area contributed by atoms with Gasteiger partial charge in [0, 0.05) is 11.9 Å². The fraction of sp³-hybridized carbons (Fsp3) is 0.600. The third-order valence-electron chi connectivity index (χ3n) is 5.56. The van der Waals surface area contributed by atoms with E-state index in [0.717, 1.165) is 17.3 Å². The van der Waals surface area contributed by atoms with Crippen LogP contribution in [0.5, 0.6) is 0 Å². The molecule has 0 radical (unpaired) electrons. The molecule has 0 aliphatic heterocycles. The molecule has 8 nitrogen and oxygen atoms in total. The van der Waals surface area contributed by atoms with Crippen LogP contribution in [-0.4, -0.2) is 41.3 Å². The number of nitriles is 1. The predicted molar refractivity (Wildman–Crippen MR) is 133 cm³/mol. The molecule has 188 valence electrons. The molecule has 3 amide bonds. The van der Waals surface area contributed by atoms with Crippen LogP contribution in [0, 0.1) is 28.6 Å². The Morgan fingerprint density at radius 2 is 1.71 bits per heavy atom. The zero-order valence-corrected chi connectivity index (χ0v) is 22.2. The van der Waals surface area contributed by atoms with E-state index >= 15 is 0 Å². The maximum absolute atomic E-state index is 13.5. The number of hydrogen-bond donors (Lipinski definition) is 4. The Morgan fingerprint density at radius 3 is 2.18 bits per heavy atom. The topological polar surface area (TPSA) is 131 Å². The van der Waals surface area contributed by atoms with Crippen LogP contribution in [0.2, 0.25) is 0 Å². The second-order valence-corrected chi connectivity index (χ2v) is 11.7. The molecule has 0 saturated carbocycles. The normalized spacial score (nSPS) is 14.5. The van der Waals surface area contributed by atoms with E-state index in [0.29, 0.717) is 11.3 Å². The minimum atomic E-state index is -0.960. The second kappa shape index (κ2) is 12.2. The Morgan fingerprint density at radius 1 is 1.09 bits per heavy atom. The Labute approximate surface area is 207 Å². The van der Waals surface area contributed by atoms with Crippen LogP contribution >= 0.6 is 11.8 Å². The first-order chi connectivity index (χ1) is 15.7. The van der Waals surface area contributed by atoms with Crippen molar-refractivity contribution < 1.29 is 19.6 Å². The molecule has 4 N–H and O–H groups in total. The summed E-state index contributed by atoms with van der Waals surface area (Å²) in [5.74, 6) is -2.22. The van der Waals surface area contributed by atoms with Crippen LogP contribution in [0.3, 0.4) is 0 Å². The number of amides is 3. The van der Waals surface area contributed by atoms with E-state index in [2.05, 4.69) is 16.7 Å². The van der Waals surface area contributed by atoms with E-state index in [9.17, 15) is 24.9 Å². The van der Waals surface area contributed by atoms with Gasteiger partial charge in [-0.25, -0.2) is 5.48 Å². The molecular weight excluding hydrogens is 452 g/mol. The minimum Gasteiger partial charge on any atom is -0.357 e. The lowest BCUT2D eigenvalue weighted by Gasteiger charge is -2.33. The highest BCUT2D eigenvalue weighted by atomic mass is 32.2. The molecule has 0 aliphatic carbocycles. The van der Waals surface area contributed by atoms with Crippen molar-refractivity contribution in [3.8, 4) is 6.07 Å². The second-order valence-electron chi connectivity index (χ2n) is 10.4. The maximum atomic E-state index is 13.5. The summed E-state index contributed by atoms with van der Waals surface area (Å²) in [5, 5.41) is 23.4. The SMILES string of the molecule is CNC(=O)[C@@H](NC(=O)[C@H](CC(C)C)[C@H](Sc1cccc(C(C)(C)C#N)c1)C(=O)NO)C(C)(C)C. The fourth-order valence-corrected chi connectivity index (χ4v) is 4.70. The van der Waals surface area contributed by atoms with Gasteiger partial charge in [0.25, 0.3) is 5.91 Å². The number of hydrogen-bond acceptors (Lipinski definition) is 6. The molecule has 3 atom stereocenters. The lowest BCUT2D eigenvalue weighted by atomic mass is 9.85. The van der Waals surface area contributed by atoms with Crippen LogP contribution in [-0.2, 0) is 19.8 Å². The van der Waals surface area contributed by atoms with E-state index in [-0.39, 0.29) is 11.8 Å². The van der Waals surface area contributed by atoms with Gasteiger partial charge in [0.05, 0.1) is 17.4 Å². The first kappa shape index (κ1) is 29.5. The summed E-state index contributed by atoms with van der Waals surface area (Å²) in [6.07, 6.45) is 0.366. The number of hydroxylamine groups is 1. The first-order valence-electron chi connectivity index (χ1n) is 11.3. The molecule has 0 spiro atoms. The Bertz CT molecular complexity index is 918. The average Bonchev–Trinajstić information content (AvgIpc) is 2.77. The minimum absolute atomic E-state index is 0.0716. The molecule has 1 aromatic carbocycles. The fourth-order valence-electron chi connectivity index (χ4n) is 3.50. The number of rotatable bonds is 10. The van der Waals surface area contributed by atoms with Crippen molar-refractivity contribution in [3.63, 3.8) is 0 Å². The van der Waals surface area contributed by atoms with Crippen molar-refractivity contribution in [2.45, 2.75) is 76.5 Å². The van der Waals surface area contributed by atoms with Crippen molar-refractivity contribution in [3.05, 3.63) is 29.8 Å². The molecular formula is C25H38N4O4S. The predicted octanol–water partition coefficient (Wildman–Crippen LogP) is 3.39. The van der Waals surface area contributed by atoms with Crippen LogP contribution in [0.4, 0.5) is 0 Å². The Hall–Kier alpha value is -2.57. The van der Waals surface area contributed by atoms with Gasteiger partial charge in [-0.1, -0.05) is 46.8 Å².